The quantitative estimate of drug-likeness (QED) is 0.329. The van der Waals surface area contributed by atoms with Gasteiger partial charge in [-0.1, -0.05) is 0 Å². The molecule has 0 spiro atoms. The number of nitrogens with one attached hydrogen (secondary N) is 2. The molecule has 0 amide bonds. The second-order valence-electron chi connectivity index (χ2n) is 9.25. The molecule has 0 fully saturated rings. The van der Waals surface area contributed by atoms with Gasteiger partial charge in [-0.2, -0.15) is 5.10 Å². The number of nitrogens with two attached hydrogens (primary N) is 1. The fraction of sp³-hybridized carbons (Fsp3) is 0.208. The molecule has 7 heterocycles. The Bertz CT molecular complexity index is 1840. The largest absolute Gasteiger partial charge is 0.383 e. The molecule has 4 N–H and O–H groups in total. The third kappa shape index (κ3) is 3.66. The number of hydrogen-bond acceptors (Lipinski definition) is 9. The van der Waals surface area contributed by atoms with Gasteiger partial charge in [-0.25, -0.2) is 23.4 Å². The van der Waals surface area contributed by atoms with Crippen molar-refractivity contribution in [1.29, 1.82) is 0 Å². The van der Waals surface area contributed by atoms with Crippen LogP contribution in [0, 0.1) is 6.92 Å². The maximum Gasteiger partial charge on any atom is 0.238 e. The van der Waals surface area contributed by atoms with Gasteiger partial charge in [0.25, 0.3) is 0 Å². The predicted molar refractivity (Wildman–Crippen MR) is 139 cm³/mol. The van der Waals surface area contributed by atoms with Crippen molar-refractivity contribution in [2.75, 3.05) is 15.8 Å². The first-order chi connectivity index (χ1) is 17.8. The standard InChI is InChI=1S/C24H22N10O2S/c1-13-16(9-27-19-12-37(35,36)32-23(13)19)18-6-14-7-20(28-10-17(14)24(25)29-18)30-21-8-15-2-4-33-5-3-26-22(33)11-34(15)31-21/h3,5-10,32H,2,4,11-12H2,1H3,(H2,25,29)(H,28,30,31). The van der Waals surface area contributed by atoms with Crippen molar-refractivity contribution in [3.63, 3.8) is 0 Å². The lowest BCUT2D eigenvalue weighted by molar-refractivity contribution is 0.602. The van der Waals surface area contributed by atoms with Gasteiger partial charge in [0.05, 0.1) is 23.6 Å². The van der Waals surface area contributed by atoms with Gasteiger partial charge in [-0.3, -0.25) is 14.4 Å². The number of nitrogen functional groups attached to an aromatic ring is 1. The van der Waals surface area contributed by atoms with Crippen LogP contribution >= 0.6 is 0 Å². The molecule has 0 atom stereocenters. The van der Waals surface area contributed by atoms with Crippen molar-refractivity contribution >= 4 is 43.9 Å². The highest BCUT2D eigenvalue weighted by Gasteiger charge is 2.28. The zero-order valence-electron chi connectivity index (χ0n) is 19.8. The van der Waals surface area contributed by atoms with Crippen LogP contribution in [0.15, 0.2) is 43.0 Å². The highest BCUT2D eigenvalue weighted by Crippen LogP contribution is 2.36. The molecule has 5 aromatic heterocycles. The van der Waals surface area contributed by atoms with E-state index >= 15 is 0 Å². The van der Waals surface area contributed by atoms with Gasteiger partial charge < -0.3 is 15.6 Å². The Morgan fingerprint density at radius 2 is 2.00 bits per heavy atom. The Balaban J connectivity index is 1.22. The van der Waals surface area contributed by atoms with Crippen molar-refractivity contribution < 1.29 is 8.42 Å². The van der Waals surface area contributed by atoms with E-state index in [-0.39, 0.29) is 5.75 Å². The minimum Gasteiger partial charge on any atom is -0.383 e. The molecule has 0 radical (unpaired) electrons. The molecule has 12 nitrogen and oxygen atoms in total. The lowest BCUT2D eigenvalue weighted by Crippen LogP contribution is -2.06. The number of sulfonamides is 1. The van der Waals surface area contributed by atoms with E-state index in [0.717, 1.165) is 35.4 Å². The van der Waals surface area contributed by atoms with Crippen LogP contribution in [-0.2, 0) is 35.3 Å². The van der Waals surface area contributed by atoms with Gasteiger partial charge in [0.1, 0.15) is 23.2 Å². The van der Waals surface area contributed by atoms with Crippen LogP contribution in [0.2, 0.25) is 0 Å². The number of nitrogens with zero attached hydrogens (tertiary/aromatic N) is 7. The van der Waals surface area contributed by atoms with Crippen molar-refractivity contribution in [2.24, 2.45) is 0 Å². The maximum atomic E-state index is 12.0. The SMILES string of the molecule is Cc1c(-c2cc3cc(Nc4cc5n(n4)Cc4nccn4CC5)ncc3c(N)n2)cnc2c1NS(=O)(=O)C2. The Kier molecular flexibility index (Phi) is 4.55. The fourth-order valence-corrected chi connectivity index (χ4v) is 6.19. The highest BCUT2D eigenvalue weighted by molar-refractivity contribution is 7.92. The number of fused-ring (bicyclic) bond motifs is 4. The van der Waals surface area contributed by atoms with E-state index in [9.17, 15) is 8.42 Å². The normalized spacial score (nSPS) is 15.5. The molecule has 0 unspecified atom stereocenters. The predicted octanol–water partition coefficient (Wildman–Crippen LogP) is 2.58. The second kappa shape index (κ2) is 7.74. The third-order valence-corrected chi connectivity index (χ3v) is 8.01. The monoisotopic (exact) mass is 514 g/mol. The molecule has 0 bridgehead atoms. The molecule has 13 heteroatoms. The van der Waals surface area contributed by atoms with Gasteiger partial charge in [-0.15, -0.1) is 0 Å². The summed E-state index contributed by atoms with van der Waals surface area (Å²) in [5, 5.41) is 9.57. The van der Waals surface area contributed by atoms with E-state index in [1.165, 1.54) is 0 Å². The number of aryl methyl sites for hydroxylation is 2. The zero-order chi connectivity index (χ0) is 25.3. The summed E-state index contributed by atoms with van der Waals surface area (Å²) in [6.07, 6.45) is 8.00. The number of rotatable bonds is 3. The van der Waals surface area contributed by atoms with E-state index in [4.69, 9.17) is 10.8 Å². The molecule has 0 aliphatic carbocycles. The van der Waals surface area contributed by atoms with Crippen LogP contribution in [0.5, 0.6) is 0 Å². The molecule has 2 aliphatic rings. The summed E-state index contributed by atoms with van der Waals surface area (Å²) >= 11 is 0. The van der Waals surface area contributed by atoms with Crippen molar-refractivity contribution in [3.05, 3.63) is 65.8 Å². The highest BCUT2D eigenvalue weighted by atomic mass is 32.2. The van der Waals surface area contributed by atoms with E-state index in [0.29, 0.717) is 52.0 Å². The summed E-state index contributed by atoms with van der Waals surface area (Å²) in [4.78, 5) is 17.9. The summed E-state index contributed by atoms with van der Waals surface area (Å²) in [7, 11) is -3.41. The third-order valence-electron chi connectivity index (χ3n) is 6.84. The van der Waals surface area contributed by atoms with E-state index in [2.05, 4.69) is 34.5 Å². The van der Waals surface area contributed by atoms with Crippen molar-refractivity contribution in [1.82, 2.24) is 34.3 Å². The molecule has 0 saturated heterocycles. The average molecular weight is 515 g/mol. The van der Waals surface area contributed by atoms with E-state index in [1.54, 1.807) is 12.4 Å². The lowest BCUT2D eigenvalue weighted by atomic mass is 10.0. The Morgan fingerprint density at radius 3 is 2.89 bits per heavy atom. The maximum absolute atomic E-state index is 12.0. The number of hydrogen-bond donors (Lipinski definition) is 3. The van der Waals surface area contributed by atoms with Crippen LogP contribution in [0.25, 0.3) is 22.0 Å². The van der Waals surface area contributed by atoms with E-state index in [1.807, 2.05) is 42.2 Å². The Hall–Kier alpha value is -4.52. The molecule has 2 aliphatic heterocycles. The molecule has 37 heavy (non-hydrogen) atoms. The molecule has 186 valence electrons. The number of imidazole rings is 1. The Labute approximate surface area is 211 Å². The molecular weight excluding hydrogens is 492 g/mol. The number of pyridine rings is 3. The molecule has 0 aromatic carbocycles. The first-order valence-electron chi connectivity index (χ1n) is 11.7. The molecule has 5 aromatic rings. The van der Waals surface area contributed by atoms with Gasteiger partial charge in [0.2, 0.25) is 10.0 Å². The van der Waals surface area contributed by atoms with E-state index < -0.39 is 10.0 Å². The minimum atomic E-state index is -3.41. The first kappa shape index (κ1) is 21.7. The summed E-state index contributed by atoms with van der Waals surface area (Å²) < 4.78 is 30.7. The van der Waals surface area contributed by atoms with Crippen LogP contribution in [0.4, 0.5) is 23.1 Å². The summed E-state index contributed by atoms with van der Waals surface area (Å²) in [5.41, 5.74) is 10.5. The summed E-state index contributed by atoms with van der Waals surface area (Å²) in [6.45, 7) is 3.33. The molecule has 7 rings (SSSR count). The van der Waals surface area contributed by atoms with Crippen molar-refractivity contribution in [3.8, 4) is 11.3 Å². The van der Waals surface area contributed by atoms with Gasteiger partial charge >= 0.3 is 0 Å². The van der Waals surface area contributed by atoms with Crippen LogP contribution in [0.1, 0.15) is 22.8 Å². The molecule has 0 saturated carbocycles. The zero-order valence-corrected chi connectivity index (χ0v) is 20.6. The van der Waals surface area contributed by atoms with Crippen LogP contribution in [0.3, 0.4) is 0 Å². The smallest absolute Gasteiger partial charge is 0.238 e. The van der Waals surface area contributed by atoms with Gasteiger partial charge in [0, 0.05) is 60.5 Å². The second-order valence-corrected chi connectivity index (χ2v) is 11.0. The average Bonchev–Trinajstić information content (AvgIpc) is 3.52. The fourth-order valence-electron chi connectivity index (χ4n) is 4.96. The topological polar surface area (TPSA) is 159 Å². The number of anilines is 4. The lowest BCUT2D eigenvalue weighted by Gasteiger charge is -2.12. The van der Waals surface area contributed by atoms with Gasteiger partial charge in [-0.05, 0) is 30.0 Å². The van der Waals surface area contributed by atoms with Crippen molar-refractivity contribution in [2.45, 2.75) is 32.2 Å². The minimum absolute atomic E-state index is 0.127. The molecular formula is C24H22N10O2S. The van der Waals surface area contributed by atoms with Crippen LogP contribution in [-0.4, -0.2) is 42.7 Å². The number of aromatic nitrogens is 7. The van der Waals surface area contributed by atoms with Crippen LogP contribution < -0.4 is 15.8 Å². The first-order valence-corrected chi connectivity index (χ1v) is 13.4. The van der Waals surface area contributed by atoms with Gasteiger partial charge in [0.15, 0.2) is 5.82 Å². The summed E-state index contributed by atoms with van der Waals surface area (Å²) in [5.74, 6) is 2.51. The Morgan fingerprint density at radius 1 is 1.11 bits per heavy atom. The summed E-state index contributed by atoms with van der Waals surface area (Å²) in [6, 6.07) is 5.83.